The largest absolute Gasteiger partial charge is 0.396 e. The molecular weight excluding hydrogens is 282 g/mol. The summed E-state index contributed by atoms with van der Waals surface area (Å²) in [5.74, 6) is 1.67. The molecule has 0 radical (unpaired) electrons. The molecule has 3 rings (SSSR count). The lowest BCUT2D eigenvalue weighted by atomic mass is 9.90. The van der Waals surface area contributed by atoms with E-state index in [9.17, 15) is 5.11 Å². The van der Waals surface area contributed by atoms with Crippen LogP contribution in [-0.2, 0) is 11.2 Å². The number of H-pyrrole nitrogens is 1. The summed E-state index contributed by atoms with van der Waals surface area (Å²) < 4.78 is 5.17. The van der Waals surface area contributed by atoms with E-state index in [0.29, 0.717) is 13.2 Å². The summed E-state index contributed by atoms with van der Waals surface area (Å²) in [4.78, 5) is 5.73. The Morgan fingerprint density at radius 3 is 3.05 bits per heavy atom. The van der Waals surface area contributed by atoms with Gasteiger partial charge in [0.15, 0.2) is 0 Å². The highest BCUT2D eigenvalue weighted by Gasteiger charge is 2.38. The standard InChI is InChI=1S/C12H15N3O2S2/c16-5-12(6-17-7-12)8-19-11-13-10(14-15-11)4-9-2-1-3-18-9/h1-3,16H,4-8H2,(H,13,14,15). The monoisotopic (exact) mass is 297 g/mol. The van der Waals surface area contributed by atoms with Crippen LogP contribution in [0.4, 0.5) is 0 Å². The minimum Gasteiger partial charge on any atom is -0.396 e. The molecule has 19 heavy (non-hydrogen) atoms. The molecule has 1 aliphatic rings. The minimum absolute atomic E-state index is 0.0980. The van der Waals surface area contributed by atoms with E-state index in [2.05, 4.69) is 26.6 Å². The first kappa shape index (κ1) is 13.1. The number of nitrogens with one attached hydrogen (secondary N) is 1. The lowest BCUT2D eigenvalue weighted by molar-refractivity contribution is -0.121. The van der Waals surface area contributed by atoms with Gasteiger partial charge in [-0.15, -0.1) is 16.4 Å². The molecular formula is C12H15N3O2S2. The third-order valence-electron chi connectivity index (χ3n) is 3.09. The molecule has 2 aromatic heterocycles. The average molecular weight is 297 g/mol. The van der Waals surface area contributed by atoms with Crippen LogP contribution in [0.1, 0.15) is 10.7 Å². The van der Waals surface area contributed by atoms with Crippen molar-refractivity contribution in [3.63, 3.8) is 0 Å². The van der Waals surface area contributed by atoms with Crippen LogP contribution in [0.2, 0.25) is 0 Å². The Labute approximate surface area is 119 Å². The molecule has 1 saturated heterocycles. The van der Waals surface area contributed by atoms with Gasteiger partial charge in [0.05, 0.1) is 19.8 Å². The number of nitrogens with zero attached hydrogens (tertiary/aromatic N) is 2. The molecule has 0 aliphatic carbocycles. The number of aliphatic hydroxyl groups excluding tert-OH is 1. The molecule has 1 fully saturated rings. The summed E-state index contributed by atoms with van der Waals surface area (Å²) in [5.41, 5.74) is -0.0980. The second-order valence-electron chi connectivity index (χ2n) is 4.76. The first-order valence-electron chi connectivity index (χ1n) is 6.05. The van der Waals surface area contributed by atoms with E-state index in [1.54, 1.807) is 23.1 Å². The molecule has 0 saturated carbocycles. The van der Waals surface area contributed by atoms with Gasteiger partial charge in [0.2, 0.25) is 5.16 Å². The van der Waals surface area contributed by atoms with Crippen molar-refractivity contribution in [2.75, 3.05) is 25.6 Å². The van der Waals surface area contributed by atoms with Gasteiger partial charge in [-0.25, -0.2) is 4.98 Å². The van der Waals surface area contributed by atoms with E-state index in [1.165, 1.54) is 4.88 Å². The van der Waals surface area contributed by atoms with Crippen LogP contribution in [-0.4, -0.2) is 45.9 Å². The molecule has 1 aliphatic heterocycles. The summed E-state index contributed by atoms with van der Waals surface area (Å²) in [6.45, 7) is 1.42. The van der Waals surface area contributed by atoms with Crippen LogP contribution in [0.15, 0.2) is 22.7 Å². The number of aromatic amines is 1. The first-order chi connectivity index (χ1) is 9.30. The zero-order valence-corrected chi connectivity index (χ0v) is 12.0. The number of rotatable bonds is 6. The molecule has 0 unspecified atom stereocenters. The highest BCUT2D eigenvalue weighted by molar-refractivity contribution is 7.99. The topological polar surface area (TPSA) is 71.0 Å². The Morgan fingerprint density at radius 1 is 1.53 bits per heavy atom. The van der Waals surface area contributed by atoms with E-state index in [0.717, 1.165) is 23.2 Å². The van der Waals surface area contributed by atoms with E-state index in [4.69, 9.17) is 4.74 Å². The number of ether oxygens (including phenoxy) is 1. The Hall–Kier alpha value is -0.890. The number of thiophene rings is 1. The number of hydrogen-bond donors (Lipinski definition) is 2. The van der Waals surface area contributed by atoms with Crippen molar-refractivity contribution in [1.29, 1.82) is 0 Å². The van der Waals surface area contributed by atoms with Crippen molar-refractivity contribution >= 4 is 23.1 Å². The van der Waals surface area contributed by atoms with Gasteiger partial charge in [-0.05, 0) is 11.4 Å². The molecule has 0 bridgehead atoms. The van der Waals surface area contributed by atoms with Crippen LogP contribution in [0.3, 0.4) is 0 Å². The summed E-state index contributed by atoms with van der Waals surface area (Å²) in [7, 11) is 0. The fourth-order valence-corrected chi connectivity index (χ4v) is 3.52. The van der Waals surface area contributed by atoms with Crippen LogP contribution in [0, 0.1) is 5.41 Å². The Kier molecular flexibility index (Phi) is 3.88. The molecule has 2 aromatic rings. The molecule has 0 atom stereocenters. The van der Waals surface area contributed by atoms with Crippen molar-refractivity contribution in [3.8, 4) is 0 Å². The van der Waals surface area contributed by atoms with Gasteiger partial charge >= 0.3 is 0 Å². The minimum atomic E-state index is -0.0980. The third kappa shape index (κ3) is 3.00. The van der Waals surface area contributed by atoms with E-state index < -0.39 is 0 Å². The smallest absolute Gasteiger partial charge is 0.208 e. The average Bonchev–Trinajstić information content (AvgIpc) is 3.01. The predicted octanol–water partition coefficient (Wildman–Crippen LogP) is 1.56. The van der Waals surface area contributed by atoms with Crippen molar-refractivity contribution in [2.45, 2.75) is 11.6 Å². The zero-order valence-electron chi connectivity index (χ0n) is 10.3. The van der Waals surface area contributed by atoms with Crippen LogP contribution in [0.5, 0.6) is 0 Å². The molecule has 2 N–H and O–H groups in total. The maximum atomic E-state index is 9.35. The van der Waals surface area contributed by atoms with Gasteiger partial charge in [0, 0.05) is 22.5 Å². The normalized spacial score (nSPS) is 17.3. The maximum absolute atomic E-state index is 9.35. The molecule has 102 valence electrons. The number of thioether (sulfide) groups is 1. The van der Waals surface area contributed by atoms with Gasteiger partial charge in [-0.3, -0.25) is 5.10 Å². The van der Waals surface area contributed by atoms with Crippen molar-refractivity contribution < 1.29 is 9.84 Å². The molecule has 0 amide bonds. The SMILES string of the molecule is OCC1(CSc2n[nH]c(Cc3cccs3)n2)COC1. The molecule has 0 aromatic carbocycles. The number of hydrogen-bond acceptors (Lipinski definition) is 6. The molecule has 0 spiro atoms. The van der Waals surface area contributed by atoms with Gasteiger partial charge in [-0.2, -0.15) is 0 Å². The Morgan fingerprint density at radius 2 is 2.42 bits per heavy atom. The summed E-state index contributed by atoms with van der Waals surface area (Å²) >= 11 is 3.29. The van der Waals surface area contributed by atoms with Crippen LogP contribution < -0.4 is 0 Å². The lowest BCUT2D eigenvalue weighted by Crippen LogP contribution is -2.47. The van der Waals surface area contributed by atoms with E-state index in [-0.39, 0.29) is 12.0 Å². The van der Waals surface area contributed by atoms with Crippen LogP contribution >= 0.6 is 23.1 Å². The third-order valence-corrected chi connectivity index (χ3v) is 5.17. The fourth-order valence-electron chi connectivity index (χ4n) is 1.83. The number of aromatic nitrogens is 3. The van der Waals surface area contributed by atoms with E-state index in [1.807, 2.05) is 6.07 Å². The summed E-state index contributed by atoms with van der Waals surface area (Å²) in [6.07, 6.45) is 0.791. The zero-order chi connectivity index (χ0) is 13.1. The fraction of sp³-hybridized carbons (Fsp3) is 0.500. The van der Waals surface area contributed by atoms with Gasteiger partial charge in [-0.1, -0.05) is 17.8 Å². The first-order valence-corrected chi connectivity index (χ1v) is 7.91. The maximum Gasteiger partial charge on any atom is 0.208 e. The van der Waals surface area contributed by atoms with Crippen molar-refractivity contribution in [1.82, 2.24) is 15.2 Å². The summed E-state index contributed by atoms with van der Waals surface area (Å²) in [5, 5.41) is 19.3. The quantitative estimate of drug-likeness (QED) is 0.792. The second kappa shape index (κ2) is 5.62. The van der Waals surface area contributed by atoms with Gasteiger partial charge in [0.1, 0.15) is 5.82 Å². The Bertz CT molecular complexity index is 517. The van der Waals surface area contributed by atoms with Gasteiger partial charge in [0.25, 0.3) is 0 Å². The van der Waals surface area contributed by atoms with Gasteiger partial charge < -0.3 is 9.84 Å². The predicted molar refractivity (Wildman–Crippen MR) is 74.6 cm³/mol. The lowest BCUT2D eigenvalue weighted by Gasteiger charge is -2.39. The summed E-state index contributed by atoms with van der Waals surface area (Å²) in [6, 6.07) is 4.13. The molecule has 5 nitrogen and oxygen atoms in total. The molecule has 3 heterocycles. The number of aliphatic hydroxyl groups is 1. The van der Waals surface area contributed by atoms with Crippen molar-refractivity contribution in [3.05, 3.63) is 28.2 Å². The molecule has 7 heteroatoms. The van der Waals surface area contributed by atoms with Crippen LogP contribution in [0.25, 0.3) is 0 Å². The Balaban J connectivity index is 1.56. The van der Waals surface area contributed by atoms with E-state index >= 15 is 0 Å². The second-order valence-corrected chi connectivity index (χ2v) is 6.74. The van der Waals surface area contributed by atoms with Crippen molar-refractivity contribution in [2.24, 2.45) is 5.41 Å². The highest BCUT2D eigenvalue weighted by atomic mass is 32.2. The highest BCUT2D eigenvalue weighted by Crippen LogP contribution is 2.32.